The highest BCUT2D eigenvalue weighted by atomic mass is 16.5. The second kappa shape index (κ2) is 6.68. The van der Waals surface area contributed by atoms with E-state index < -0.39 is 0 Å². The van der Waals surface area contributed by atoms with Crippen molar-refractivity contribution in [2.45, 2.75) is 0 Å². The highest BCUT2D eigenvalue weighted by molar-refractivity contribution is 6.06. The van der Waals surface area contributed by atoms with Crippen molar-refractivity contribution >= 4 is 22.6 Å². The van der Waals surface area contributed by atoms with Gasteiger partial charge in [-0.3, -0.25) is 4.79 Å². The molecule has 3 aromatic carbocycles. The van der Waals surface area contributed by atoms with E-state index in [-0.39, 0.29) is 5.91 Å². The lowest BCUT2D eigenvalue weighted by atomic mass is 10.1. The van der Waals surface area contributed by atoms with E-state index in [0.717, 1.165) is 5.52 Å². The van der Waals surface area contributed by atoms with Gasteiger partial charge in [0.1, 0.15) is 11.3 Å². The SMILES string of the molecule is Cn1nnc2cc(C(=O)Nc3ccccc3Oc3ccccc3)ccc21. The quantitative estimate of drug-likeness (QED) is 0.607. The number of nitrogens with zero attached hydrogens (tertiary/aromatic N) is 3. The van der Waals surface area contributed by atoms with Crippen LogP contribution in [0.25, 0.3) is 11.0 Å². The second-order valence-corrected chi connectivity index (χ2v) is 5.78. The molecule has 1 aromatic heterocycles. The molecule has 6 heteroatoms. The molecule has 1 N–H and O–H groups in total. The Kier molecular flexibility index (Phi) is 4.07. The maximum atomic E-state index is 12.6. The molecule has 0 aliphatic carbocycles. The maximum absolute atomic E-state index is 12.6. The molecule has 6 nitrogen and oxygen atoms in total. The minimum absolute atomic E-state index is 0.235. The molecule has 1 heterocycles. The summed E-state index contributed by atoms with van der Waals surface area (Å²) in [6.07, 6.45) is 0. The van der Waals surface area contributed by atoms with Gasteiger partial charge in [0.25, 0.3) is 5.91 Å². The summed E-state index contributed by atoms with van der Waals surface area (Å²) in [6.45, 7) is 0. The smallest absolute Gasteiger partial charge is 0.255 e. The average molecular weight is 344 g/mol. The number of aryl methyl sites for hydroxylation is 1. The lowest BCUT2D eigenvalue weighted by Gasteiger charge is -2.12. The molecule has 0 radical (unpaired) electrons. The van der Waals surface area contributed by atoms with Crippen molar-refractivity contribution in [2.75, 3.05) is 5.32 Å². The zero-order valence-electron chi connectivity index (χ0n) is 14.1. The van der Waals surface area contributed by atoms with Crippen molar-refractivity contribution in [2.24, 2.45) is 7.05 Å². The number of nitrogens with one attached hydrogen (secondary N) is 1. The van der Waals surface area contributed by atoms with Gasteiger partial charge in [0, 0.05) is 12.6 Å². The topological polar surface area (TPSA) is 69.0 Å². The Bertz CT molecular complexity index is 1070. The molecule has 0 saturated carbocycles. The number of para-hydroxylation sites is 3. The summed E-state index contributed by atoms with van der Waals surface area (Å²) in [4.78, 5) is 12.6. The molecule has 0 saturated heterocycles. The molecular formula is C20H16N4O2. The fourth-order valence-corrected chi connectivity index (χ4v) is 2.65. The van der Waals surface area contributed by atoms with Gasteiger partial charge in [-0.2, -0.15) is 0 Å². The number of rotatable bonds is 4. The van der Waals surface area contributed by atoms with Crippen molar-refractivity contribution in [3.8, 4) is 11.5 Å². The zero-order chi connectivity index (χ0) is 17.9. The number of carbonyl (C=O) groups excluding carboxylic acids is 1. The second-order valence-electron chi connectivity index (χ2n) is 5.78. The largest absolute Gasteiger partial charge is 0.455 e. The Hall–Kier alpha value is -3.67. The molecule has 0 unspecified atom stereocenters. The van der Waals surface area contributed by atoms with Gasteiger partial charge in [0.2, 0.25) is 0 Å². The molecule has 0 aliphatic heterocycles. The summed E-state index contributed by atoms with van der Waals surface area (Å²) in [5.41, 5.74) is 2.65. The Morgan fingerprint density at radius 3 is 2.62 bits per heavy atom. The molecule has 1 amide bonds. The minimum atomic E-state index is -0.235. The van der Waals surface area contributed by atoms with Crippen LogP contribution in [0.4, 0.5) is 5.69 Å². The first-order chi connectivity index (χ1) is 12.7. The van der Waals surface area contributed by atoms with Crippen LogP contribution in [0.3, 0.4) is 0 Å². The van der Waals surface area contributed by atoms with Crippen LogP contribution >= 0.6 is 0 Å². The molecular weight excluding hydrogens is 328 g/mol. The van der Waals surface area contributed by atoms with Crippen LogP contribution in [0, 0.1) is 0 Å². The lowest BCUT2D eigenvalue weighted by molar-refractivity contribution is 0.102. The monoisotopic (exact) mass is 344 g/mol. The van der Waals surface area contributed by atoms with Gasteiger partial charge in [0.05, 0.1) is 11.2 Å². The number of benzene rings is 3. The van der Waals surface area contributed by atoms with Gasteiger partial charge in [-0.05, 0) is 42.5 Å². The van der Waals surface area contributed by atoms with E-state index >= 15 is 0 Å². The number of aromatic nitrogens is 3. The molecule has 4 rings (SSSR count). The van der Waals surface area contributed by atoms with Crippen LogP contribution in [0.2, 0.25) is 0 Å². The van der Waals surface area contributed by atoms with E-state index in [1.54, 1.807) is 22.9 Å². The van der Waals surface area contributed by atoms with Crippen molar-refractivity contribution < 1.29 is 9.53 Å². The van der Waals surface area contributed by atoms with Gasteiger partial charge in [0.15, 0.2) is 5.75 Å². The fourth-order valence-electron chi connectivity index (χ4n) is 2.65. The summed E-state index contributed by atoms with van der Waals surface area (Å²) in [7, 11) is 1.81. The summed E-state index contributed by atoms with van der Waals surface area (Å²) < 4.78 is 7.55. The molecule has 128 valence electrons. The van der Waals surface area contributed by atoms with Crippen LogP contribution in [-0.2, 0) is 7.05 Å². The third-order valence-electron chi connectivity index (χ3n) is 3.98. The third kappa shape index (κ3) is 3.12. The number of hydrogen-bond donors (Lipinski definition) is 1. The van der Waals surface area contributed by atoms with Crippen molar-refractivity contribution in [1.82, 2.24) is 15.0 Å². The van der Waals surface area contributed by atoms with Crippen LogP contribution in [0.1, 0.15) is 10.4 Å². The number of anilines is 1. The van der Waals surface area contributed by atoms with E-state index in [2.05, 4.69) is 15.6 Å². The first-order valence-corrected chi connectivity index (χ1v) is 8.13. The Balaban J connectivity index is 1.59. The molecule has 0 spiro atoms. The first-order valence-electron chi connectivity index (χ1n) is 8.13. The molecule has 26 heavy (non-hydrogen) atoms. The van der Waals surface area contributed by atoms with E-state index in [1.165, 1.54) is 0 Å². The van der Waals surface area contributed by atoms with Crippen LogP contribution in [0.15, 0.2) is 72.8 Å². The molecule has 0 atom stereocenters. The first kappa shape index (κ1) is 15.8. The highest BCUT2D eigenvalue weighted by Crippen LogP contribution is 2.29. The van der Waals surface area contributed by atoms with Crippen molar-refractivity contribution in [3.05, 3.63) is 78.4 Å². The molecule has 0 fully saturated rings. The fraction of sp³-hybridized carbons (Fsp3) is 0.0500. The predicted octanol–water partition coefficient (Wildman–Crippen LogP) is 4.01. The summed E-state index contributed by atoms with van der Waals surface area (Å²) >= 11 is 0. The van der Waals surface area contributed by atoms with E-state index in [9.17, 15) is 4.79 Å². The van der Waals surface area contributed by atoms with Gasteiger partial charge < -0.3 is 10.1 Å². The highest BCUT2D eigenvalue weighted by Gasteiger charge is 2.12. The number of amides is 1. The average Bonchev–Trinajstić information content (AvgIpc) is 3.04. The van der Waals surface area contributed by atoms with Gasteiger partial charge in [-0.15, -0.1) is 5.10 Å². The van der Waals surface area contributed by atoms with Crippen LogP contribution in [-0.4, -0.2) is 20.9 Å². The van der Waals surface area contributed by atoms with Crippen molar-refractivity contribution in [3.63, 3.8) is 0 Å². The van der Waals surface area contributed by atoms with Gasteiger partial charge in [-0.25, -0.2) is 4.68 Å². The third-order valence-corrected chi connectivity index (χ3v) is 3.98. The number of fused-ring (bicyclic) bond motifs is 1. The summed E-state index contributed by atoms with van der Waals surface area (Å²) in [6, 6.07) is 22.1. The van der Waals surface area contributed by atoms with E-state index in [1.807, 2.05) is 61.6 Å². The van der Waals surface area contributed by atoms with Gasteiger partial charge in [-0.1, -0.05) is 35.5 Å². The maximum Gasteiger partial charge on any atom is 0.255 e. The van der Waals surface area contributed by atoms with Crippen molar-refractivity contribution in [1.29, 1.82) is 0 Å². The lowest BCUT2D eigenvalue weighted by Crippen LogP contribution is -2.12. The molecule has 4 aromatic rings. The number of ether oxygens (including phenoxy) is 1. The van der Waals surface area contributed by atoms with E-state index in [4.69, 9.17) is 4.74 Å². The summed E-state index contributed by atoms with van der Waals surface area (Å²) in [5.74, 6) is 1.05. The Labute approximate surface area is 150 Å². The normalized spacial score (nSPS) is 10.7. The predicted molar refractivity (Wildman–Crippen MR) is 99.4 cm³/mol. The number of carbonyl (C=O) groups is 1. The Morgan fingerprint density at radius 1 is 1.00 bits per heavy atom. The zero-order valence-corrected chi connectivity index (χ0v) is 14.1. The summed E-state index contributed by atoms with van der Waals surface area (Å²) in [5, 5.41) is 10.9. The standard InChI is InChI=1S/C20H16N4O2/c1-24-18-12-11-14(13-17(18)22-23-24)20(25)21-16-9-5-6-10-19(16)26-15-7-3-2-4-8-15/h2-13H,1H3,(H,21,25). The molecule has 0 aliphatic rings. The van der Waals surface area contributed by atoms with E-state index in [0.29, 0.717) is 28.3 Å². The molecule has 0 bridgehead atoms. The Morgan fingerprint density at radius 2 is 1.77 bits per heavy atom. The minimum Gasteiger partial charge on any atom is -0.455 e. The van der Waals surface area contributed by atoms with Crippen LogP contribution in [0.5, 0.6) is 11.5 Å². The van der Waals surface area contributed by atoms with Gasteiger partial charge >= 0.3 is 0 Å². The van der Waals surface area contributed by atoms with Crippen LogP contribution < -0.4 is 10.1 Å². The number of hydrogen-bond acceptors (Lipinski definition) is 4.